The maximum atomic E-state index is 12.4. The Morgan fingerprint density at radius 3 is 2.55 bits per heavy atom. The number of carbonyl (C=O) groups is 2. The fraction of sp³-hybridized carbons (Fsp3) is 0.300. The average Bonchev–Trinajstić information content (AvgIpc) is 3.15. The molecule has 0 radical (unpaired) electrons. The van der Waals surface area contributed by atoms with Gasteiger partial charge < -0.3 is 19.5 Å². The number of anilines is 1. The minimum absolute atomic E-state index is 0.298. The number of hydrogen-bond donors (Lipinski definition) is 1. The second-order valence-corrected chi connectivity index (χ2v) is 6.22. The molecule has 1 heterocycles. The van der Waals surface area contributed by atoms with Gasteiger partial charge in [0.15, 0.2) is 17.6 Å². The summed E-state index contributed by atoms with van der Waals surface area (Å²) in [6.07, 6.45) is -1.00. The normalized spacial score (nSPS) is 11.7. The summed E-state index contributed by atoms with van der Waals surface area (Å²) >= 11 is 0. The summed E-state index contributed by atoms with van der Waals surface area (Å²) in [6.45, 7) is 4.13. The highest BCUT2D eigenvalue weighted by atomic mass is 16.5. The minimum atomic E-state index is -1.00. The Bertz CT molecular complexity index is 1050. The molecule has 9 heteroatoms. The number of rotatable bonds is 7. The van der Waals surface area contributed by atoms with Gasteiger partial charge in [-0.15, -0.1) is 5.10 Å². The van der Waals surface area contributed by atoms with E-state index < -0.39 is 18.0 Å². The SMILES string of the molecule is CCn1nnc2cc(C(=O)O[C@H](C)C(=O)Nc3ccc(OC)c(OC)c3)ccc21. The first-order valence-corrected chi connectivity index (χ1v) is 9.04. The van der Waals surface area contributed by atoms with Gasteiger partial charge in [0, 0.05) is 18.3 Å². The van der Waals surface area contributed by atoms with Crippen molar-refractivity contribution in [3.8, 4) is 11.5 Å². The predicted octanol–water partition coefficient (Wildman–Crippen LogP) is 2.65. The highest BCUT2D eigenvalue weighted by Crippen LogP contribution is 2.29. The van der Waals surface area contributed by atoms with Crippen LogP contribution in [0.15, 0.2) is 36.4 Å². The zero-order chi connectivity index (χ0) is 21.0. The fourth-order valence-corrected chi connectivity index (χ4v) is 2.77. The molecule has 3 aromatic rings. The van der Waals surface area contributed by atoms with Crippen LogP contribution in [0.4, 0.5) is 5.69 Å². The molecule has 0 bridgehead atoms. The van der Waals surface area contributed by atoms with Crippen molar-refractivity contribution in [2.75, 3.05) is 19.5 Å². The number of fused-ring (bicyclic) bond motifs is 1. The van der Waals surface area contributed by atoms with Crippen LogP contribution in [0.25, 0.3) is 11.0 Å². The molecule has 0 aliphatic carbocycles. The van der Waals surface area contributed by atoms with Crippen LogP contribution in [0.2, 0.25) is 0 Å². The van der Waals surface area contributed by atoms with Gasteiger partial charge in [-0.2, -0.15) is 0 Å². The Kier molecular flexibility index (Phi) is 5.96. The summed E-state index contributed by atoms with van der Waals surface area (Å²) in [7, 11) is 3.03. The van der Waals surface area contributed by atoms with Crippen molar-refractivity contribution in [3.05, 3.63) is 42.0 Å². The van der Waals surface area contributed by atoms with Gasteiger partial charge in [-0.05, 0) is 44.2 Å². The Morgan fingerprint density at radius 1 is 1.10 bits per heavy atom. The number of nitrogens with one attached hydrogen (secondary N) is 1. The number of nitrogens with zero attached hydrogens (tertiary/aromatic N) is 3. The lowest BCUT2D eigenvalue weighted by molar-refractivity contribution is -0.123. The Balaban J connectivity index is 1.67. The van der Waals surface area contributed by atoms with E-state index in [-0.39, 0.29) is 0 Å². The minimum Gasteiger partial charge on any atom is -0.493 e. The molecule has 0 saturated carbocycles. The predicted molar refractivity (Wildman–Crippen MR) is 106 cm³/mol. The Labute approximate surface area is 167 Å². The number of ether oxygens (including phenoxy) is 3. The van der Waals surface area contributed by atoms with Gasteiger partial charge in [0.2, 0.25) is 0 Å². The van der Waals surface area contributed by atoms with Gasteiger partial charge in [0.25, 0.3) is 5.91 Å². The molecule has 0 fully saturated rings. The van der Waals surface area contributed by atoms with Crippen molar-refractivity contribution < 1.29 is 23.8 Å². The lowest BCUT2D eigenvalue weighted by Crippen LogP contribution is -2.30. The van der Waals surface area contributed by atoms with E-state index in [1.165, 1.54) is 21.1 Å². The Morgan fingerprint density at radius 2 is 1.86 bits per heavy atom. The molecule has 9 nitrogen and oxygen atoms in total. The molecule has 0 aliphatic rings. The molecule has 3 rings (SSSR count). The highest BCUT2D eigenvalue weighted by Gasteiger charge is 2.20. The Hall–Kier alpha value is -3.62. The van der Waals surface area contributed by atoms with Crippen LogP contribution >= 0.6 is 0 Å². The molecular formula is C20H22N4O5. The molecule has 1 atom stereocenters. The fourth-order valence-electron chi connectivity index (χ4n) is 2.77. The quantitative estimate of drug-likeness (QED) is 0.610. The van der Waals surface area contributed by atoms with Crippen LogP contribution in [0.1, 0.15) is 24.2 Å². The van der Waals surface area contributed by atoms with Crippen LogP contribution in [-0.4, -0.2) is 47.2 Å². The number of carbonyl (C=O) groups excluding carboxylic acids is 2. The number of aryl methyl sites for hydroxylation is 1. The third-order valence-electron chi connectivity index (χ3n) is 4.35. The van der Waals surface area contributed by atoms with E-state index in [0.717, 1.165) is 5.52 Å². The van der Waals surface area contributed by atoms with E-state index in [1.807, 2.05) is 6.92 Å². The largest absolute Gasteiger partial charge is 0.493 e. The monoisotopic (exact) mass is 398 g/mol. The number of amides is 1. The first kappa shape index (κ1) is 20.1. The van der Waals surface area contributed by atoms with E-state index >= 15 is 0 Å². The third-order valence-corrected chi connectivity index (χ3v) is 4.35. The maximum absolute atomic E-state index is 12.4. The molecule has 1 amide bonds. The maximum Gasteiger partial charge on any atom is 0.338 e. The van der Waals surface area contributed by atoms with E-state index in [9.17, 15) is 9.59 Å². The first-order valence-electron chi connectivity index (χ1n) is 9.04. The van der Waals surface area contributed by atoms with Crippen molar-refractivity contribution >= 4 is 28.6 Å². The van der Waals surface area contributed by atoms with Crippen molar-refractivity contribution in [2.45, 2.75) is 26.5 Å². The van der Waals surface area contributed by atoms with Gasteiger partial charge in [-0.25, -0.2) is 9.48 Å². The molecule has 29 heavy (non-hydrogen) atoms. The molecule has 1 N–H and O–H groups in total. The summed E-state index contributed by atoms with van der Waals surface area (Å²) in [5.74, 6) is -0.0692. The number of aromatic nitrogens is 3. The molecule has 0 unspecified atom stereocenters. The molecular weight excluding hydrogens is 376 g/mol. The zero-order valence-electron chi connectivity index (χ0n) is 16.6. The van der Waals surface area contributed by atoms with Gasteiger partial charge in [-0.1, -0.05) is 5.21 Å². The van der Waals surface area contributed by atoms with Crippen molar-refractivity contribution in [1.29, 1.82) is 0 Å². The topological polar surface area (TPSA) is 105 Å². The standard InChI is InChI=1S/C20H22N4O5/c1-5-24-16-8-6-13(10-15(16)22-23-24)20(26)29-12(2)19(25)21-14-7-9-17(27-3)18(11-14)28-4/h6-12H,5H2,1-4H3,(H,21,25)/t12-/m1/s1. The van der Waals surface area contributed by atoms with E-state index in [4.69, 9.17) is 14.2 Å². The summed E-state index contributed by atoms with van der Waals surface area (Å²) < 4.78 is 17.4. The van der Waals surface area contributed by atoms with Crippen LogP contribution in [0.5, 0.6) is 11.5 Å². The molecule has 1 aromatic heterocycles. The smallest absolute Gasteiger partial charge is 0.338 e. The van der Waals surface area contributed by atoms with E-state index in [2.05, 4.69) is 15.6 Å². The van der Waals surface area contributed by atoms with Crippen molar-refractivity contribution in [2.24, 2.45) is 0 Å². The van der Waals surface area contributed by atoms with Crippen LogP contribution < -0.4 is 14.8 Å². The van der Waals surface area contributed by atoms with Crippen molar-refractivity contribution in [1.82, 2.24) is 15.0 Å². The third kappa shape index (κ3) is 4.29. The zero-order valence-corrected chi connectivity index (χ0v) is 16.6. The first-order chi connectivity index (χ1) is 14.0. The number of hydrogen-bond acceptors (Lipinski definition) is 7. The molecule has 2 aromatic carbocycles. The lowest BCUT2D eigenvalue weighted by atomic mass is 10.2. The van der Waals surface area contributed by atoms with Gasteiger partial charge in [-0.3, -0.25) is 4.79 Å². The highest BCUT2D eigenvalue weighted by molar-refractivity contribution is 5.98. The molecule has 0 saturated heterocycles. The van der Waals surface area contributed by atoms with E-state index in [0.29, 0.717) is 34.8 Å². The lowest BCUT2D eigenvalue weighted by Gasteiger charge is -2.15. The average molecular weight is 398 g/mol. The number of esters is 1. The number of methoxy groups -OCH3 is 2. The number of benzene rings is 2. The van der Waals surface area contributed by atoms with Crippen molar-refractivity contribution in [3.63, 3.8) is 0 Å². The van der Waals surface area contributed by atoms with Crippen LogP contribution in [0.3, 0.4) is 0 Å². The second-order valence-electron chi connectivity index (χ2n) is 6.22. The summed E-state index contributed by atoms with van der Waals surface area (Å²) in [6, 6.07) is 9.93. The van der Waals surface area contributed by atoms with Gasteiger partial charge >= 0.3 is 5.97 Å². The second kappa shape index (κ2) is 8.59. The summed E-state index contributed by atoms with van der Waals surface area (Å²) in [4.78, 5) is 24.8. The van der Waals surface area contributed by atoms with E-state index in [1.54, 1.807) is 41.1 Å². The summed E-state index contributed by atoms with van der Waals surface area (Å²) in [5.41, 5.74) is 2.20. The summed E-state index contributed by atoms with van der Waals surface area (Å²) in [5, 5.41) is 10.7. The van der Waals surface area contributed by atoms with Crippen LogP contribution in [0, 0.1) is 0 Å². The molecule has 0 spiro atoms. The van der Waals surface area contributed by atoms with Gasteiger partial charge in [0.1, 0.15) is 5.52 Å². The van der Waals surface area contributed by atoms with Crippen LogP contribution in [-0.2, 0) is 16.1 Å². The molecule has 152 valence electrons. The molecule has 0 aliphatic heterocycles. The van der Waals surface area contributed by atoms with Gasteiger partial charge in [0.05, 0.1) is 25.3 Å².